The van der Waals surface area contributed by atoms with Crippen LogP contribution in [0.15, 0.2) is 32.7 Å². The highest BCUT2D eigenvalue weighted by Gasteiger charge is 2.13. The van der Waals surface area contributed by atoms with Gasteiger partial charge in [0.2, 0.25) is 0 Å². The molecule has 2 rings (SSSR count). The van der Waals surface area contributed by atoms with Crippen LogP contribution in [0.2, 0.25) is 0 Å². The molecule has 0 fully saturated rings. The minimum Gasteiger partial charge on any atom is -0.452 e. The van der Waals surface area contributed by atoms with E-state index in [1.54, 1.807) is 11.3 Å². The molecule has 2 N–H and O–H groups in total. The normalized spacial score (nSPS) is 13.1. The minimum absolute atomic E-state index is 0.166. The highest BCUT2D eigenvalue weighted by atomic mass is 127. The SMILES string of the molecule is NC(c1csc(I)c1)c1ccc(Br)o1. The van der Waals surface area contributed by atoms with E-state index < -0.39 is 0 Å². The van der Waals surface area contributed by atoms with Crippen molar-refractivity contribution in [2.45, 2.75) is 6.04 Å². The van der Waals surface area contributed by atoms with Crippen LogP contribution in [0.4, 0.5) is 0 Å². The van der Waals surface area contributed by atoms with E-state index in [0.29, 0.717) is 4.67 Å². The van der Waals surface area contributed by atoms with Gasteiger partial charge in [-0.15, -0.1) is 11.3 Å². The van der Waals surface area contributed by atoms with Crippen LogP contribution >= 0.6 is 49.9 Å². The Labute approximate surface area is 108 Å². The Morgan fingerprint density at radius 3 is 2.79 bits per heavy atom. The summed E-state index contributed by atoms with van der Waals surface area (Å²) < 4.78 is 7.35. The molecule has 0 aliphatic heterocycles. The van der Waals surface area contributed by atoms with Crippen molar-refractivity contribution in [3.8, 4) is 0 Å². The van der Waals surface area contributed by atoms with Crippen molar-refractivity contribution in [3.63, 3.8) is 0 Å². The second-order valence-electron chi connectivity index (χ2n) is 2.80. The largest absolute Gasteiger partial charge is 0.452 e. The molecule has 74 valence electrons. The van der Waals surface area contributed by atoms with E-state index in [0.717, 1.165) is 11.3 Å². The Morgan fingerprint density at radius 1 is 1.50 bits per heavy atom. The molecular weight excluding hydrogens is 377 g/mol. The fourth-order valence-electron chi connectivity index (χ4n) is 1.15. The molecule has 0 bridgehead atoms. The first kappa shape index (κ1) is 10.7. The molecule has 0 aromatic carbocycles. The van der Waals surface area contributed by atoms with E-state index in [1.165, 1.54) is 2.88 Å². The third kappa shape index (κ3) is 2.21. The van der Waals surface area contributed by atoms with Crippen LogP contribution in [-0.4, -0.2) is 0 Å². The average Bonchev–Trinajstić information content (AvgIpc) is 2.73. The van der Waals surface area contributed by atoms with Crippen LogP contribution in [0, 0.1) is 2.88 Å². The summed E-state index contributed by atoms with van der Waals surface area (Å²) in [4.78, 5) is 0. The van der Waals surface area contributed by atoms with Gasteiger partial charge in [-0.05, 0) is 67.7 Å². The Bertz CT molecular complexity index is 399. The molecule has 0 saturated carbocycles. The summed E-state index contributed by atoms with van der Waals surface area (Å²) in [6.07, 6.45) is 0. The molecule has 0 aliphatic rings. The lowest BCUT2D eigenvalue weighted by Gasteiger charge is -2.05. The molecule has 14 heavy (non-hydrogen) atoms. The number of nitrogens with two attached hydrogens (primary N) is 1. The van der Waals surface area contributed by atoms with Gasteiger partial charge >= 0.3 is 0 Å². The summed E-state index contributed by atoms with van der Waals surface area (Å²) in [6, 6.07) is 5.65. The lowest BCUT2D eigenvalue weighted by atomic mass is 10.1. The maximum absolute atomic E-state index is 6.03. The number of hydrogen-bond donors (Lipinski definition) is 1. The molecule has 1 atom stereocenters. The van der Waals surface area contributed by atoms with E-state index in [2.05, 4.69) is 50.0 Å². The van der Waals surface area contributed by atoms with Crippen LogP contribution < -0.4 is 5.73 Å². The van der Waals surface area contributed by atoms with Crippen LogP contribution in [0.25, 0.3) is 0 Å². The van der Waals surface area contributed by atoms with Crippen molar-refractivity contribution in [2.24, 2.45) is 5.73 Å². The Morgan fingerprint density at radius 2 is 2.29 bits per heavy atom. The predicted octanol–water partition coefficient (Wildman–Crippen LogP) is 3.76. The summed E-state index contributed by atoms with van der Waals surface area (Å²) in [6.45, 7) is 0. The van der Waals surface area contributed by atoms with Crippen LogP contribution in [0.5, 0.6) is 0 Å². The molecule has 0 amide bonds. The van der Waals surface area contributed by atoms with Crippen molar-refractivity contribution in [2.75, 3.05) is 0 Å². The van der Waals surface area contributed by atoms with Gasteiger partial charge in [-0.3, -0.25) is 0 Å². The molecule has 2 aromatic rings. The maximum Gasteiger partial charge on any atom is 0.169 e. The Kier molecular flexibility index (Phi) is 3.30. The molecule has 1 unspecified atom stereocenters. The highest BCUT2D eigenvalue weighted by molar-refractivity contribution is 14.1. The fourth-order valence-corrected chi connectivity index (χ4v) is 2.87. The first-order valence-electron chi connectivity index (χ1n) is 3.91. The van der Waals surface area contributed by atoms with Gasteiger partial charge in [-0.1, -0.05) is 0 Å². The number of furan rings is 1. The number of thiophene rings is 1. The zero-order valence-electron chi connectivity index (χ0n) is 7.04. The first-order chi connectivity index (χ1) is 6.66. The van der Waals surface area contributed by atoms with Crippen molar-refractivity contribution >= 4 is 49.9 Å². The van der Waals surface area contributed by atoms with Gasteiger partial charge in [0.15, 0.2) is 4.67 Å². The molecule has 0 saturated heterocycles. The molecule has 0 aliphatic carbocycles. The van der Waals surface area contributed by atoms with Crippen LogP contribution in [-0.2, 0) is 0 Å². The summed E-state index contributed by atoms with van der Waals surface area (Å²) >= 11 is 7.23. The van der Waals surface area contributed by atoms with E-state index in [-0.39, 0.29) is 6.04 Å². The average molecular weight is 384 g/mol. The van der Waals surface area contributed by atoms with Gasteiger partial charge in [0.05, 0.1) is 8.93 Å². The summed E-state index contributed by atoms with van der Waals surface area (Å²) in [7, 11) is 0. The van der Waals surface area contributed by atoms with Gasteiger partial charge in [0.25, 0.3) is 0 Å². The quantitative estimate of drug-likeness (QED) is 0.802. The molecule has 5 heteroatoms. The molecule has 0 radical (unpaired) electrons. The zero-order chi connectivity index (χ0) is 10.1. The maximum atomic E-state index is 6.03. The zero-order valence-corrected chi connectivity index (χ0v) is 11.6. The monoisotopic (exact) mass is 383 g/mol. The standard InChI is InChI=1S/C9H7BrINOS/c10-7-2-1-6(13-7)9(12)5-3-8(11)14-4-5/h1-4,9H,12H2. The van der Waals surface area contributed by atoms with Gasteiger partial charge in [0.1, 0.15) is 5.76 Å². The van der Waals surface area contributed by atoms with Crippen molar-refractivity contribution < 1.29 is 4.42 Å². The number of rotatable bonds is 2. The summed E-state index contributed by atoms with van der Waals surface area (Å²) in [5.41, 5.74) is 7.13. The van der Waals surface area contributed by atoms with Crippen molar-refractivity contribution in [1.82, 2.24) is 0 Å². The molecule has 2 nitrogen and oxygen atoms in total. The van der Waals surface area contributed by atoms with E-state index in [9.17, 15) is 0 Å². The van der Waals surface area contributed by atoms with Crippen molar-refractivity contribution in [3.05, 3.63) is 42.5 Å². The number of hydrogen-bond acceptors (Lipinski definition) is 3. The van der Waals surface area contributed by atoms with E-state index in [4.69, 9.17) is 10.2 Å². The molecule has 2 aromatic heterocycles. The Balaban J connectivity index is 2.28. The van der Waals surface area contributed by atoms with Gasteiger partial charge < -0.3 is 10.2 Å². The number of halogens is 2. The summed E-state index contributed by atoms with van der Waals surface area (Å²) in [5, 5.41) is 2.06. The van der Waals surface area contributed by atoms with Gasteiger partial charge in [0, 0.05) is 0 Å². The predicted molar refractivity (Wildman–Crippen MR) is 69.5 cm³/mol. The lowest BCUT2D eigenvalue weighted by Crippen LogP contribution is -2.09. The van der Waals surface area contributed by atoms with E-state index in [1.807, 2.05) is 12.1 Å². The Hall–Kier alpha value is 0.150. The minimum atomic E-state index is -0.166. The summed E-state index contributed by atoms with van der Waals surface area (Å²) in [5.74, 6) is 0.783. The second-order valence-corrected chi connectivity index (χ2v) is 6.39. The van der Waals surface area contributed by atoms with Crippen molar-refractivity contribution in [1.29, 1.82) is 0 Å². The molecule has 2 heterocycles. The fraction of sp³-hybridized carbons (Fsp3) is 0.111. The molecular formula is C9H7BrINOS. The smallest absolute Gasteiger partial charge is 0.169 e. The van der Waals surface area contributed by atoms with E-state index >= 15 is 0 Å². The van der Waals surface area contributed by atoms with Gasteiger partial charge in [-0.25, -0.2) is 0 Å². The lowest BCUT2D eigenvalue weighted by molar-refractivity contribution is 0.470. The third-order valence-electron chi connectivity index (χ3n) is 1.85. The first-order valence-corrected chi connectivity index (χ1v) is 6.66. The van der Waals surface area contributed by atoms with Crippen LogP contribution in [0.1, 0.15) is 17.4 Å². The van der Waals surface area contributed by atoms with Gasteiger partial charge in [-0.2, -0.15) is 0 Å². The third-order valence-corrected chi connectivity index (χ3v) is 4.08. The topological polar surface area (TPSA) is 39.2 Å². The van der Waals surface area contributed by atoms with Crippen LogP contribution in [0.3, 0.4) is 0 Å². The second kappa shape index (κ2) is 4.34. The molecule has 0 spiro atoms. The highest BCUT2D eigenvalue weighted by Crippen LogP contribution is 2.27.